The number of nitrogens with zero attached hydrogens (tertiary/aromatic N) is 1. The molecule has 0 aliphatic carbocycles. The zero-order valence-electron chi connectivity index (χ0n) is 8.72. The molecule has 0 saturated heterocycles. The molecular formula is C11H14N2O. The van der Waals surface area contributed by atoms with Crippen molar-refractivity contribution in [2.75, 3.05) is 7.05 Å². The summed E-state index contributed by atoms with van der Waals surface area (Å²) < 4.78 is 0. The summed E-state index contributed by atoms with van der Waals surface area (Å²) in [6.07, 6.45) is 0. The van der Waals surface area contributed by atoms with E-state index in [1.165, 1.54) is 16.7 Å². The summed E-state index contributed by atoms with van der Waals surface area (Å²) in [6.45, 7) is 4.85. The zero-order chi connectivity index (χ0) is 10.1. The van der Waals surface area contributed by atoms with Gasteiger partial charge in [0.05, 0.1) is 0 Å². The minimum Gasteiger partial charge on any atom is -0.270 e. The quantitative estimate of drug-likeness (QED) is 0.675. The lowest BCUT2D eigenvalue weighted by atomic mass is 9.97. The Bertz CT molecular complexity index is 397. The van der Waals surface area contributed by atoms with Crippen molar-refractivity contribution in [2.24, 2.45) is 4.99 Å². The first-order chi connectivity index (χ1) is 6.74. The highest BCUT2D eigenvalue weighted by molar-refractivity contribution is 6.00. The van der Waals surface area contributed by atoms with E-state index in [0.29, 0.717) is 6.61 Å². The number of benzene rings is 1. The highest BCUT2D eigenvalue weighted by Gasteiger charge is 2.17. The van der Waals surface area contributed by atoms with Crippen molar-refractivity contribution in [3.05, 3.63) is 34.4 Å². The van der Waals surface area contributed by atoms with Gasteiger partial charge < -0.3 is 0 Å². The standard InChI is InChI=1S/C11H14N2O/c1-7-4-5-9-10(8(7)2)6-14-13-11(9)12-3/h4-5H,6H2,1-3H3,(H,12,13). The molecule has 0 radical (unpaired) electrons. The Morgan fingerprint density at radius 2 is 2.14 bits per heavy atom. The molecule has 3 heteroatoms. The van der Waals surface area contributed by atoms with Crippen LogP contribution >= 0.6 is 0 Å². The van der Waals surface area contributed by atoms with E-state index in [1.54, 1.807) is 7.05 Å². The molecule has 0 atom stereocenters. The molecule has 1 aliphatic rings. The van der Waals surface area contributed by atoms with Gasteiger partial charge >= 0.3 is 0 Å². The number of aryl methyl sites for hydroxylation is 1. The molecule has 2 rings (SSSR count). The summed E-state index contributed by atoms with van der Waals surface area (Å²) in [5, 5.41) is 0. The smallest absolute Gasteiger partial charge is 0.152 e. The fourth-order valence-electron chi connectivity index (χ4n) is 1.68. The van der Waals surface area contributed by atoms with Crippen LogP contribution in [-0.2, 0) is 11.4 Å². The van der Waals surface area contributed by atoms with Crippen molar-refractivity contribution in [1.29, 1.82) is 0 Å². The van der Waals surface area contributed by atoms with Gasteiger partial charge in [-0.3, -0.25) is 9.83 Å². The SMILES string of the molecule is CN=C1NOCc2c1ccc(C)c2C. The lowest BCUT2D eigenvalue weighted by Gasteiger charge is -2.22. The predicted molar refractivity (Wildman–Crippen MR) is 56.3 cm³/mol. The normalized spacial score (nSPS) is 17.8. The molecule has 0 saturated carbocycles. The van der Waals surface area contributed by atoms with E-state index in [-0.39, 0.29) is 0 Å². The van der Waals surface area contributed by atoms with E-state index in [9.17, 15) is 0 Å². The molecule has 0 unspecified atom stereocenters. The maximum Gasteiger partial charge on any atom is 0.152 e. The molecule has 0 bridgehead atoms. The summed E-state index contributed by atoms with van der Waals surface area (Å²) in [4.78, 5) is 9.39. The lowest BCUT2D eigenvalue weighted by molar-refractivity contribution is 0.0647. The van der Waals surface area contributed by atoms with Crippen molar-refractivity contribution in [3.63, 3.8) is 0 Å². The van der Waals surface area contributed by atoms with Gasteiger partial charge in [-0.2, -0.15) is 0 Å². The van der Waals surface area contributed by atoms with Crippen LogP contribution in [0.2, 0.25) is 0 Å². The molecule has 74 valence electrons. The lowest BCUT2D eigenvalue weighted by Crippen LogP contribution is -2.31. The summed E-state index contributed by atoms with van der Waals surface area (Å²) in [6, 6.07) is 4.21. The van der Waals surface area contributed by atoms with Crippen LogP contribution in [0.3, 0.4) is 0 Å². The molecule has 3 nitrogen and oxygen atoms in total. The number of hydrogen-bond acceptors (Lipinski definition) is 2. The minimum absolute atomic E-state index is 0.613. The molecule has 1 aliphatic heterocycles. The van der Waals surface area contributed by atoms with Crippen molar-refractivity contribution < 1.29 is 4.84 Å². The van der Waals surface area contributed by atoms with Crippen LogP contribution in [0.4, 0.5) is 0 Å². The van der Waals surface area contributed by atoms with Crippen LogP contribution in [0.25, 0.3) is 0 Å². The third-order valence-corrected chi connectivity index (χ3v) is 2.73. The number of amidine groups is 1. The van der Waals surface area contributed by atoms with Gasteiger partial charge in [-0.25, -0.2) is 5.48 Å². The zero-order valence-corrected chi connectivity index (χ0v) is 8.72. The molecule has 0 aromatic heterocycles. The van der Waals surface area contributed by atoms with Gasteiger partial charge in [0.15, 0.2) is 5.84 Å². The van der Waals surface area contributed by atoms with Gasteiger partial charge in [-0.1, -0.05) is 12.1 Å². The van der Waals surface area contributed by atoms with E-state index >= 15 is 0 Å². The second-order valence-electron chi connectivity index (χ2n) is 3.50. The minimum atomic E-state index is 0.613. The fourth-order valence-corrected chi connectivity index (χ4v) is 1.68. The Morgan fingerprint density at radius 1 is 1.36 bits per heavy atom. The molecule has 1 aromatic rings. The summed E-state index contributed by atoms with van der Waals surface area (Å²) >= 11 is 0. The van der Waals surface area contributed by atoms with Crippen molar-refractivity contribution in [2.45, 2.75) is 20.5 Å². The monoisotopic (exact) mass is 190 g/mol. The number of nitrogens with one attached hydrogen (secondary N) is 1. The largest absolute Gasteiger partial charge is 0.270 e. The van der Waals surface area contributed by atoms with E-state index < -0.39 is 0 Å². The van der Waals surface area contributed by atoms with E-state index in [0.717, 1.165) is 11.4 Å². The third kappa shape index (κ3) is 1.30. The topological polar surface area (TPSA) is 33.6 Å². The van der Waals surface area contributed by atoms with Crippen LogP contribution in [0.15, 0.2) is 17.1 Å². The van der Waals surface area contributed by atoms with Crippen molar-refractivity contribution in [1.82, 2.24) is 5.48 Å². The van der Waals surface area contributed by atoms with Gasteiger partial charge in [-0.05, 0) is 30.5 Å². The second-order valence-corrected chi connectivity index (χ2v) is 3.50. The first-order valence-corrected chi connectivity index (χ1v) is 4.68. The number of fused-ring (bicyclic) bond motifs is 1. The molecule has 1 heterocycles. The van der Waals surface area contributed by atoms with Crippen LogP contribution in [-0.4, -0.2) is 12.9 Å². The average molecular weight is 190 g/mol. The number of rotatable bonds is 0. The molecule has 0 spiro atoms. The first kappa shape index (κ1) is 9.21. The third-order valence-electron chi connectivity index (χ3n) is 2.73. The first-order valence-electron chi connectivity index (χ1n) is 4.68. The maximum atomic E-state index is 5.25. The van der Waals surface area contributed by atoms with Gasteiger partial charge in [0.1, 0.15) is 6.61 Å². The molecule has 0 fully saturated rings. The second kappa shape index (κ2) is 3.42. The predicted octanol–water partition coefficient (Wildman–Crippen LogP) is 1.71. The summed E-state index contributed by atoms with van der Waals surface area (Å²) in [5.41, 5.74) is 7.81. The molecule has 14 heavy (non-hydrogen) atoms. The highest BCUT2D eigenvalue weighted by atomic mass is 16.6. The van der Waals surface area contributed by atoms with E-state index in [1.807, 2.05) is 0 Å². The molecule has 1 N–H and O–H groups in total. The molecule has 1 aromatic carbocycles. The summed E-state index contributed by atoms with van der Waals surface area (Å²) in [5.74, 6) is 0.814. The number of hydrogen-bond donors (Lipinski definition) is 1. The Labute approximate surface area is 83.8 Å². The van der Waals surface area contributed by atoms with Gasteiger partial charge in [0.25, 0.3) is 0 Å². The average Bonchev–Trinajstić information content (AvgIpc) is 2.23. The van der Waals surface area contributed by atoms with Gasteiger partial charge in [0, 0.05) is 12.6 Å². The van der Waals surface area contributed by atoms with Crippen molar-refractivity contribution in [3.8, 4) is 0 Å². The number of aliphatic imine (C=N–C) groups is 1. The van der Waals surface area contributed by atoms with Gasteiger partial charge in [0.2, 0.25) is 0 Å². The van der Waals surface area contributed by atoms with Crippen LogP contribution in [0.1, 0.15) is 22.3 Å². The number of hydroxylamine groups is 1. The maximum absolute atomic E-state index is 5.25. The Kier molecular flexibility index (Phi) is 2.25. The van der Waals surface area contributed by atoms with Crippen LogP contribution < -0.4 is 5.48 Å². The Morgan fingerprint density at radius 3 is 2.86 bits per heavy atom. The summed E-state index contributed by atoms with van der Waals surface area (Å²) in [7, 11) is 1.76. The van der Waals surface area contributed by atoms with Crippen molar-refractivity contribution >= 4 is 5.84 Å². The highest BCUT2D eigenvalue weighted by Crippen LogP contribution is 2.21. The molecule has 0 amide bonds. The molecular weight excluding hydrogens is 176 g/mol. The van der Waals surface area contributed by atoms with E-state index in [2.05, 4.69) is 36.5 Å². The van der Waals surface area contributed by atoms with E-state index in [4.69, 9.17) is 4.84 Å². The van der Waals surface area contributed by atoms with Crippen LogP contribution in [0, 0.1) is 13.8 Å². The fraction of sp³-hybridized carbons (Fsp3) is 0.364. The van der Waals surface area contributed by atoms with Gasteiger partial charge in [-0.15, -0.1) is 0 Å². The van der Waals surface area contributed by atoms with Crippen LogP contribution in [0.5, 0.6) is 0 Å². The Balaban J connectivity index is 2.62. The Hall–Kier alpha value is -1.35.